The van der Waals surface area contributed by atoms with Gasteiger partial charge in [0.05, 0.1) is 5.56 Å². The van der Waals surface area contributed by atoms with Gasteiger partial charge in [0.25, 0.3) is 0 Å². The van der Waals surface area contributed by atoms with Crippen LogP contribution >= 0.6 is 0 Å². The molecule has 0 unspecified atom stereocenters. The third-order valence-electron chi connectivity index (χ3n) is 6.26. The maximum atomic E-state index is 13.4. The molecule has 0 bridgehead atoms. The van der Waals surface area contributed by atoms with Crippen LogP contribution in [-0.2, 0) is 11.2 Å². The topological polar surface area (TPSA) is 26.3 Å². The van der Waals surface area contributed by atoms with Crippen molar-refractivity contribution >= 4 is 5.97 Å². The van der Waals surface area contributed by atoms with E-state index in [1.54, 1.807) is 36.4 Å². The number of carbonyl (C=O) groups is 1. The number of benzene rings is 4. The third kappa shape index (κ3) is 6.21. The van der Waals surface area contributed by atoms with E-state index >= 15 is 0 Å². The lowest BCUT2D eigenvalue weighted by molar-refractivity contribution is 0.0378. The Morgan fingerprint density at radius 2 is 1.17 bits per heavy atom. The first-order chi connectivity index (χ1) is 16.9. The van der Waals surface area contributed by atoms with Crippen LogP contribution in [0.15, 0.2) is 97.1 Å². The number of halogens is 2. The standard InChI is InChI=1S/C31H28F2O2/c1-3-21(2)20-22-4-6-23(7-5-22)24-8-10-27(11-9-24)31(34)35-30(25-12-16-28(32)17-13-25)26-14-18-29(33)19-15-26/h4-19,21,30H,3,20H2,1-2H3/t21-/m1/s1. The predicted molar refractivity (Wildman–Crippen MR) is 135 cm³/mol. The van der Waals surface area contributed by atoms with Gasteiger partial charge in [0.2, 0.25) is 0 Å². The minimum atomic E-state index is -0.790. The first kappa shape index (κ1) is 24.3. The number of ether oxygens (including phenoxy) is 1. The lowest BCUT2D eigenvalue weighted by Crippen LogP contribution is -2.13. The van der Waals surface area contributed by atoms with Crippen LogP contribution in [0.25, 0.3) is 11.1 Å². The Labute approximate surface area is 205 Å². The molecule has 0 spiro atoms. The quantitative estimate of drug-likeness (QED) is 0.243. The van der Waals surface area contributed by atoms with E-state index in [9.17, 15) is 13.6 Å². The van der Waals surface area contributed by atoms with Crippen LogP contribution in [0.1, 0.15) is 53.4 Å². The van der Waals surface area contributed by atoms with Gasteiger partial charge in [-0.25, -0.2) is 13.6 Å². The van der Waals surface area contributed by atoms with Crippen LogP contribution in [0, 0.1) is 17.6 Å². The molecule has 4 heteroatoms. The summed E-state index contributed by atoms with van der Waals surface area (Å²) in [5.41, 5.74) is 4.99. The van der Waals surface area contributed by atoms with E-state index in [2.05, 4.69) is 38.1 Å². The van der Waals surface area contributed by atoms with Crippen molar-refractivity contribution < 1.29 is 18.3 Å². The van der Waals surface area contributed by atoms with E-state index < -0.39 is 12.1 Å². The van der Waals surface area contributed by atoms with E-state index in [1.807, 2.05) is 12.1 Å². The lowest BCUT2D eigenvalue weighted by atomic mass is 9.96. The summed E-state index contributed by atoms with van der Waals surface area (Å²) in [7, 11) is 0. The van der Waals surface area contributed by atoms with Crippen molar-refractivity contribution in [2.75, 3.05) is 0 Å². The molecule has 0 radical (unpaired) electrons. The molecule has 0 saturated heterocycles. The summed E-state index contributed by atoms with van der Waals surface area (Å²) in [6.07, 6.45) is 1.43. The highest BCUT2D eigenvalue weighted by molar-refractivity contribution is 5.90. The van der Waals surface area contributed by atoms with Crippen molar-refractivity contribution in [3.05, 3.63) is 131 Å². The molecule has 4 aromatic rings. The fraction of sp³-hybridized carbons (Fsp3) is 0.194. The fourth-order valence-corrected chi connectivity index (χ4v) is 3.96. The molecule has 0 heterocycles. The molecule has 0 fully saturated rings. The van der Waals surface area contributed by atoms with Crippen LogP contribution in [0.3, 0.4) is 0 Å². The molecule has 2 nitrogen and oxygen atoms in total. The van der Waals surface area contributed by atoms with Crippen molar-refractivity contribution in [3.8, 4) is 11.1 Å². The Hall–Kier alpha value is -3.79. The highest BCUT2D eigenvalue weighted by Gasteiger charge is 2.20. The summed E-state index contributed by atoms with van der Waals surface area (Å²) >= 11 is 0. The average molecular weight is 471 g/mol. The van der Waals surface area contributed by atoms with Crippen LogP contribution in [-0.4, -0.2) is 5.97 Å². The van der Waals surface area contributed by atoms with Crippen molar-refractivity contribution in [1.29, 1.82) is 0 Å². The molecule has 0 N–H and O–H groups in total. The Morgan fingerprint density at radius 1 is 0.714 bits per heavy atom. The first-order valence-corrected chi connectivity index (χ1v) is 11.8. The highest BCUT2D eigenvalue weighted by Crippen LogP contribution is 2.28. The van der Waals surface area contributed by atoms with Crippen LogP contribution in [0.5, 0.6) is 0 Å². The number of rotatable bonds is 8. The molecule has 35 heavy (non-hydrogen) atoms. The molecule has 0 amide bonds. The number of hydrogen-bond acceptors (Lipinski definition) is 2. The van der Waals surface area contributed by atoms with E-state index in [1.165, 1.54) is 29.8 Å². The summed E-state index contributed by atoms with van der Waals surface area (Å²) in [6, 6.07) is 27.2. The van der Waals surface area contributed by atoms with Gasteiger partial charge in [0, 0.05) is 0 Å². The maximum absolute atomic E-state index is 13.4. The molecule has 0 aliphatic carbocycles. The van der Waals surface area contributed by atoms with E-state index in [4.69, 9.17) is 4.74 Å². The molecule has 0 saturated carbocycles. The molecule has 0 aliphatic rings. The number of hydrogen-bond donors (Lipinski definition) is 0. The zero-order valence-electron chi connectivity index (χ0n) is 19.9. The lowest BCUT2D eigenvalue weighted by Gasteiger charge is -2.19. The Bertz CT molecular complexity index is 1200. The molecule has 178 valence electrons. The molecule has 4 aromatic carbocycles. The molecule has 1 atom stereocenters. The molecule has 0 aromatic heterocycles. The van der Waals surface area contributed by atoms with Gasteiger partial charge in [-0.05, 0) is 76.6 Å². The van der Waals surface area contributed by atoms with Crippen LogP contribution in [0.4, 0.5) is 8.78 Å². The summed E-state index contributed by atoms with van der Waals surface area (Å²) in [6.45, 7) is 4.45. The second-order valence-corrected chi connectivity index (χ2v) is 8.88. The molecule has 0 aliphatic heterocycles. The zero-order valence-corrected chi connectivity index (χ0v) is 19.9. The second-order valence-electron chi connectivity index (χ2n) is 8.88. The fourth-order valence-electron chi connectivity index (χ4n) is 3.96. The first-order valence-electron chi connectivity index (χ1n) is 11.8. The molecular formula is C31H28F2O2. The normalized spacial score (nSPS) is 11.9. The molecular weight excluding hydrogens is 442 g/mol. The largest absolute Gasteiger partial charge is 0.449 e. The van der Waals surface area contributed by atoms with Crippen LogP contribution < -0.4 is 0 Å². The predicted octanol–water partition coefficient (Wildman–Crippen LogP) is 8.17. The van der Waals surface area contributed by atoms with Gasteiger partial charge in [-0.1, -0.05) is 80.9 Å². The SMILES string of the molecule is CC[C@@H](C)Cc1ccc(-c2ccc(C(=O)OC(c3ccc(F)cc3)c3ccc(F)cc3)cc2)cc1. The Kier molecular flexibility index (Phi) is 7.71. The maximum Gasteiger partial charge on any atom is 0.339 e. The second kappa shape index (κ2) is 11.1. The summed E-state index contributed by atoms with van der Waals surface area (Å²) in [5.74, 6) is -0.637. The average Bonchev–Trinajstić information content (AvgIpc) is 2.89. The smallest absolute Gasteiger partial charge is 0.339 e. The highest BCUT2D eigenvalue weighted by atomic mass is 19.1. The van der Waals surface area contributed by atoms with Gasteiger partial charge in [-0.3, -0.25) is 0 Å². The van der Waals surface area contributed by atoms with E-state index in [0.717, 1.165) is 24.0 Å². The Balaban J connectivity index is 1.51. The van der Waals surface area contributed by atoms with Gasteiger partial charge in [0.15, 0.2) is 6.10 Å². The minimum Gasteiger partial charge on any atom is -0.449 e. The van der Waals surface area contributed by atoms with Gasteiger partial charge in [-0.15, -0.1) is 0 Å². The van der Waals surface area contributed by atoms with Gasteiger partial charge < -0.3 is 4.74 Å². The van der Waals surface area contributed by atoms with Gasteiger partial charge >= 0.3 is 5.97 Å². The summed E-state index contributed by atoms with van der Waals surface area (Å²) in [5, 5.41) is 0. The van der Waals surface area contributed by atoms with Crippen molar-refractivity contribution in [3.63, 3.8) is 0 Å². The van der Waals surface area contributed by atoms with Crippen molar-refractivity contribution in [2.45, 2.75) is 32.8 Å². The van der Waals surface area contributed by atoms with E-state index in [-0.39, 0.29) is 11.6 Å². The summed E-state index contributed by atoms with van der Waals surface area (Å²) in [4.78, 5) is 13.0. The van der Waals surface area contributed by atoms with Crippen LogP contribution in [0.2, 0.25) is 0 Å². The minimum absolute atomic E-state index is 0.388. The summed E-state index contributed by atoms with van der Waals surface area (Å²) < 4.78 is 32.7. The van der Waals surface area contributed by atoms with E-state index in [0.29, 0.717) is 22.6 Å². The number of carbonyl (C=O) groups excluding carboxylic acids is 1. The van der Waals surface area contributed by atoms with Crippen molar-refractivity contribution in [2.24, 2.45) is 5.92 Å². The Morgan fingerprint density at radius 3 is 1.63 bits per heavy atom. The zero-order chi connectivity index (χ0) is 24.8. The third-order valence-corrected chi connectivity index (χ3v) is 6.26. The molecule has 4 rings (SSSR count). The monoisotopic (exact) mass is 470 g/mol. The van der Waals surface area contributed by atoms with Gasteiger partial charge in [0.1, 0.15) is 11.6 Å². The number of esters is 1. The van der Waals surface area contributed by atoms with Crippen molar-refractivity contribution in [1.82, 2.24) is 0 Å². The van der Waals surface area contributed by atoms with Gasteiger partial charge in [-0.2, -0.15) is 0 Å².